The number of aromatic nitrogens is 2. The molecule has 0 unspecified atom stereocenters. The number of nitro groups is 1. The molecule has 0 bridgehead atoms. The Morgan fingerprint density at radius 2 is 1.81 bits per heavy atom. The molecular formula is C33H25BrN4O3S. The van der Waals surface area contributed by atoms with Crippen LogP contribution in [-0.2, 0) is 6.42 Å². The Labute approximate surface area is 253 Å². The first-order valence-electron chi connectivity index (χ1n) is 13.6. The Morgan fingerprint density at radius 3 is 2.60 bits per heavy atom. The first-order chi connectivity index (χ1) is 20.3. The number of aryl methyl sites for hydroxylation is 2. The van der Waals surface area contributed by atoms with E-state index >= 15 is 0 Å². The van der Waals surface area contributed by atoms with Crippen molar-refractivity contribution >= 4 is 44.7 Å². The van der Waals surface area contributed by atoms with Gasteiger partial charge in [-0.05, 0) is 85.4 Å². The van der Waals surface area contributed by atoms with Crippen molar-refractivity contribution in [1.82, 2.24) is 9.13 Å². The number of nitrogens with zero attached hydrogens (tertiary/aromatic N) is 4. The molecular weight excluding hydrogens is 612 g/mol. The molecule has 5 aromatic rings. The van der Waals surface area contributed by atoms with Crippen LogP contribution in [-0.4, -0.2) is 14.1 Å². The molecule has 0 N–H and O–H groups in total. The van der Waals surface area contributed by atoms with Gasteiger partial charge in [-0.25, -0.2) is 4.99 Å². The van der Waals surface area contributed by atoms with E-state index in [2.05, 4.69) is 64.7 Å². The van der Waals surface area contributed by atoms with Crippen LogP contribution >= 0.6 is 27.3 Å². The third-order valence-electron chi connectivity index (χ3n) is 8.11. The van der Waals surface area contributed by atoms with Crippen LogP contribution in [0.2, 0.25) is 0 Å². The zero-order valence-electron chi connectivity index (χ0n) is 22.9. The average molecular weight is 638 g/mol. The van der Waals surface area contributed by atoms with Crippen LogP contribution in [0, 0.1) is 24.0 Å². The van der Waals surface area contributed by atoms with Crippen molar-refractivity contribution < 1.29 is 4.92 Å². The zero-order chi connectivity index (χ0) is 29.1. The van der Waals surface area contributed by atoms with Gasteiger partial charge in [0.15, 0.2) is 4.80 Å². The molecule has 0 radical (unpaired) electrons. The van der Waals surface area contributed by atoms with Crippen molar-refractivity contribution in [2.24, 2.45) is 4.99 Å². The highest BCUT2D eigenvalue weighted by atomic mass is 79.9. The maximum absolute atomic E-state index is 14.2. The Balaban J connectivity index is 1.44. The van der Waals surface area contributed by atoms with Crippen LogP contribution in [0.5, 0.6) is 0 Å². The topological polar surface area (TPSA) is 82.4 Å². The van der Waals surface area contributed by atoms with Crippen molar-refractivity contribution in [3.63, 3.8) is 0 Å². The van der Waals surface area contributed by atoms with Gasteiger partial charge in [-0.3, -0.25) is 19.5 Å². The second-order valence-corrected chi connectivity index (χ2v) is 12.5. The van der Waals surface area contributed by atoms with E-state index in [1.807, 2.05) is 36.4 Å². The van der Waals surface area contributed by atoms with Gasteiger partial charge >= 0.3 is 0 Å². The largest absolute Gasteiger partial charge is 0.318 e. The summed E-state index contributed by atoms with van der Waals surface area (Å²) in [5.41, 5.74) is 8.84. The van der Waals surface area contributed by atoms with Crippen LogP contribution in [0.3, 0.4) is 0 Å². The van der Waals surface area contributed by atoms with E-state index in [1.54, 1.807) is 16.7 Å². The molecule has 42 heavy (non-hydrogen) atoms. The highest BCUT2D eigenvalue weighted by molar-refractivity contribution is 9.10. The fraction of sp³-hybridized carbons (Fsp3) is 0.152. The Kier molecular flexibility index (Phi) is 6.44. The number of non-ortho nitro benzene ring substituents is 1. The summed E-state index contributed by atoms with van der Waals surface area (Å²) in [5, 5.41) is 11.7. The van der Waals surface area contributed by atoms with Crippen molar-refractivity contribution in [2.75, 3.05) is 0 Å². The van der Waals surface area contributed by atoms with E-state index in [9.17, 15) is 14.9 Å². The van der Waals surface area contributed by atoms with Gasteiger partial charge in [0.1, 0.15) is 0 Å². The molecule has 0 spiro atoms. The molecule has 0 amide bonds. The maximum atomic E-state index is 14.2. The summed E-state index contributed by atoms with van der Waals surface area (Å²) in [4.78, 5) is 31.1. The van der Waals surface area contributed by atoms with Crippen LogP contribution in [0.4, 0.5) is 5.69 Å². The van der Waals surface area contributed by atoms with Crippen LogP contribution in [0.1, 0.15) is 46.1 Å². The lowest BCUT2D eigenvalue weighted by molar-refractivity contribution is -0.384. The summed E-state index contributed by atoms with van der Waals surface area (Å²) in [5.74, 6) is 0. The molecule has 3 aromatic carbocycles. The van der Waals surface area contributed by atoms with Crippen LogP contribution < -0.4 is 14.9 Å². The summed E-state index contributed by atoms with van der Waals surface area (Å²) >= 11 is 4.87. The number of nitro benzene ring substituents is 1. The van der Waals surface area contributed by atoms with Gasteiger partial charge in [0.2, 0.25) is 0 Å². The molecule has 1 atom stereocenters. The number of allylic oxidation sites excluding steroid dienone is 1. The number of rotatable bonds is 4. The summed E-state index contributed by atoms with van der Waals surface area (Å²) in [6.07, 6.45) is 3.49. The zero-order valence-corrected chi connectivity index (χ0v) is 25.3. The third kappa shape index (κ3) is 4.31. The SMILES string of the molecule is Cc1cc(/C=c2/sc3n(c2=O)[C@H](c2cccc([N+](=O)[O-])c2)C2=C(N=3)c3ccccc3CC2)c(C)n1-c1ccc(Br)cc1. The third-order valence-corrected chi connectivity index (χ3v) is 9.62. The van der Waals surface area contributed by atoms with Crippen LogP contribution in [0.25, 0.3) is 17.5 Å². The van der Waals surface area contributed by atoms with E-state index in [0.717, 1.165) is 56.8 Å². The highest BCUT2D eigenvalue weighted by Crippen LogP contribution is 2.41. The van der Waals surface area contributed by atoms with Gasteiger partial charge in [-0.1, -0.05) is 63.7 Å². The van der Waals surface area contributed by atoms with Gasteiger partial charge in [0, 0.05) is 39.2 Å². The molecule has 7 rings (SSSR count). The predicted molar refractivity (Wildman–Crippen MR) is 169 cm³/mol. The fourth-order valence-electron chi connectivity index (χ4n) is 6.19. The summed E-state index contributed by atoms with van der Waals surface area (Å²) in [6.45, 7) is 4.11. The number of hydrogen-bond acceptors (Lipinski definition) is 5. The van der Waals surface area contributed by atoms with Crippen molar-refractivity contribution in [3.05, 3.63) is 152 Å². The minimum absolute atomic E-state index is 0.00497. The number of halogens is 1. The quantitative estimate of drug-likeness (QED) is 0.169. The summed E-state index contributed by atoms with van der Waals surface area (Å²) < 4.78 is 5.50. The maximum Gasteiger partial charge on any atom is 0.271 e. The van der Waals surface area contributed by atoms with E-state index in [-0.39, 0.29) is 16.2 Å². The van der Waals surface area contributed by atoms with Gasteiger partial charge in [0.25, 0.3) is 11.2 Å². The number of thiazole rings is 1. The molecule has 208 valence electrons. The monoisotopic (exact) mass is 636 g/mol. The molecule has 2 aliphatic rings. The lowest BCUT2D eigenvalue weighted by Crippen LogP contribution is -2.38. The lowest BCUT2D eigenvalue weighted by atomic mass is 9.83. The van der Waals surface area contributed by atoms with Gasteiger partial charge in [0.05, 0.1) is 21.2 Å². The molecule has 3 heterocycles. The standard InChI is InChI=1S/C33H25BrN4O3S/c1-19-16-23(20(2)36(19)25-13-11-24(34)12-14-25)18-29-32(39)37-31(22-7-5-8-26(17-22)38(40)41)28-15-10-21-6-3-4-9-27(21)30(28)35-33(37)42-29/h3-9,11-14,16-18,31H,10,15H2,1-2H3/b29-18+/t31-/m1/s1. The average Bonchev–Trinajstić information content (AvgIpc) is 3.45. The number of hydrogen-bond donors (Lipinski definition) is 0. The second-order valence-electron chi connectivity index (χ2n) is 10.6. The van der Waals surface area contributed by atoms with Gasteiger partial charge in [-0.2, -0.15) is 0 Å². The van der Waals surface area contributed by atoms with Crippen molar-refractivity contribution in [2.45, 2.75) is 32.7 Å². The molecule has 0 fully saturated rings. The first-order valence-corrected chi connectivity index (χ1v) is 15.2. The summed E-state index contributed by atoms with van der Waals surface area (Å²) in [7, 11) is 0. The van der Waals surface area contributed by atoms with E-state index in [1.165, 1.54) is 23.0 Å². The van der Waals surface area contributed by atoms with Crippen LogP contribution in [0.15, 0.2) is 98.7 Å². The Hall–Kier alpha value is -4.34. The number of fused-ring (bicyclic) bond motifs is 3. The van der Waals surface area contributed by atoms with Crippen molar-refractivity contribution in [3.8, 4) is 5.69 Å². The minimum Gasteiger partial charge on any atom is -0.318 e. The molecule has 0 saturated carbocycles. The first kappa shape index (κ1) is 26.6. The lowest BCUT2D eigenvalue weighted by Gasteiger charge is -2.30. The highest BCUT2D eigenvalue weighted by Gasteiger charge is 2.33. The number of benzene rings is 3. The molecule has 1 aliphatic heterocycles. The molecule has 2 aromatic heterocycles. The fourth-order valence-corrected chi connectivity index (χ4v) is 7.45. The van der Waals surface area contributed by atoms with E-state index in [4.69, 9.17) is 4.99 Å². The molecule has 0 saturated heterocycles. The Morgan fingerprint density at radius 1 is 1.02 bits per heavy atom. The minimum atomic E-state index is -0.471. The molecule has 7 nitrogen and oxygen atoms in total. The van der Waals surface area contributed by atoms with Gasteiger partial charge in [-0.15, -0.1) is 0 Å². The molecule has 9 heteroatoms. The van der Waals surface area contributed by atoms with E-state index < -0.39 is 6.04 Å². The van der Waals surface area contributed by atoms with Crippen molar-refractivity contribution in [1.29, 1.82) is 0 Å². The normalized spacial score (nSPS) is 16.1. The van der Waals surface area contributed by atoms with Gasteiger partial charge < -0.3 is 4.57 Å². The summed E-state index contributed by atoms with van der Waals surface area (Å²) in [6, 6.07) is 24.6. The van der Waals surface area contributed by atoms with E-state index in [0.29, 0.717) is 14.9 Å². The predicted octanol–water partition coefficient (Wildman–Crippen LogP) is 6.40. The smallest absolute Gasteiger partial charge is 0.271 e. The second kappa shape index (κ2) is 10.2. The Bertz CT molecular complexity index is 2140. The molecule has 1 aliphatic carbocycles.